The van der Waals surface area contributed by atoms with Gasteiger partial charge in [0.1, 0.15) is 22.8 Å². The van der Waals surface area contributed by atoms with Crippen LogP contribution in [0.4, 0.5) is 5.95 Å². The van der Waals surface area contributed by atoms with Gasteiger partial charge in [0.2, 0.25) is 11.2 Å². The molecule has 0 unspecified atom stereocenters. The van der Waals surface area contributed by atoms with Crippen LogP contribution < -0.4 is 19.7 Å². The zero-order valence-corrected chi connectivity index (χ0v) is 48.8. The summed E-state index contributed by atoms with van der Waals surface area (Å²) in [6.45, 7) is 11.2. The predicted octanol–water partition coefficient (Wildman–Crippen LogP) is 10.7. The van der Waals surface area contributed by atoms with Crippen LogP contribution in [0.25, 0.3) is 33.8 Å². The highest BCUT2D eigenvalue weighted by Gasteiger charge is 2.27. The van der Waals surface area contributed by atoms with E-state index in [0.29, 0.717) is 26.8 Å². The van der Waals surface area contributed by atoms with Crippen LogP contribution in [0.15, 0.2) is 110 Å². The van der Waals surface area contributed by atoms with E-state index in [4.69, 9.17) is 54.2 Å². The molecule has 81 heavy (non-hydrogen) atoms. The number of imidazole rings is 2. The highest BCUT2D eigenvalue weighted by molar-refractivity contribution is 6.32. The van der Waals surface area contributed by atoms with Crippen LogP contribution in [-0.4, -0.2) is 138 Å². The largest absolute Gasteiger partial charge is 0.495 e. The summed E-state index contributed by atoms with van der Waals surface area (Å²) in [5, 5.41) is 24.5. The maximum Gasteiger partial charge on any atom is 0.225 e. The molecule has 12 rings (SSSR count). The average molecular weight is 1160 g/mol. The zero-order valence-electron chi connectivity index (χ0n) is 46.5. The van der Waals surface area contributed by atoms with Crippen LogP contribution in [0.1, 0.15) is 73.6 Å². The van der Waals surface area contributed by atoms with Gasteiger partial charge < -0.3 is 43.6 Å². The average Bonchev–Trinajstić information content (AvgIpc) is 4.16. The first kappa shape index (κ1) is 58.3. The van der Waals surface area contributed by atoms with E-state index in [1.807, 2.05) is 51.8 Å². The first-order valence-electron chi connectivity index (χ1n) is 28.6. The van der Waals surface area contributed by atoms with Gasteiger partial charge in [0.25, 0.3) is 0 Å². The number of fused-ring (bicyclic) bond motifs is 2. The van der Waals surface area contributed by atoms with E-state index in [0.717, 1.165) is 127 Å². The third kappa shape index (κ3) is 15.4. The van der Waals surface area contributed by atoms with Crippen LogP contribution in [0.2, 0.25) is 15.3 Å². The second kappa shape index (κ2) is 28.4. The van der Waals surface area contributed by atoms with Gasteiger partial charge in [0.05, 0.1) is 48.9 Å². The van der Waals surface area contributed by atoms with Crippen molar-refractivity contribution in [3.8, 4) is 34.0 Å². The quantitative estimate of drug-likeness (QED) is 0.0830. The minimum atomic E-state index is -0.108. The van der Waals surface area contributed by atoms with Crippen molar-refractivity contribution in [3.05, 3.63) is 148 Å². The number of aromatic nitrogens is 8. The Morgan fingerprint density at radius 2 is 0.975 bits per heavy atom. The standard InChI is InChI=1S/C31H37ClN6O2.C27H35ClN4O2.C4H3ClN2/c1-40-29-17-25(21-39)26(18-27(29)32)28-20-38-10-7-24(16-30(38)35-28)15-22-3-5-23(6-4-22)19-36-11-13-37(14-12-36)31-33-8-2-9-34-31;1-34-26-14-22(18-33)23(15-24(26)28)25-17-32-9-6-21(13-27(32)30-25)12-19-2-4-20(5-3-19)16-31-10-7-29-8-11-31;5-4-6-2-1-3-7-4/h2,7-10,16-18,20,22-23,39H,3-6,11-15,19,21H2,1H3;6,9,13-15,17,19-20,29,33H,2-5,7-8,10-12,16,18H2,1H3;1-3H. The van der Waals surface area contributed by atoms with Crippen molar-refractivity contribution in [3.63, 3.8) is 0 Å². The number of hydrogen-bond acceptors (Lipinski definition) is 14. The van der Waals surface area contributed by atoms with Crippen molar-refractivity contribution in [2.75, 3.05) is 84.6 Å². The molecular formula is C62H75Cl3N12O4. The van der Waals surface area contributed by atoms with Gasteiger partial charge in [0.15, 0.2) is 0 Å². The van der Waals surface area contributed by atoms with E-state index >= 15 is 0 Å². The number of nitrogens with zero attached hydrogens (tertiary/aromatic N) is 11. The van der Waals surface area contributed by atoms with Gasteiger partial charge in [-0.1, -0.05) is 23.2 Å². The SMILES string of the molecule is COc1cc(CO)c(-c2cn3ccc(CC4CCC(CN5CCN(c6ncccn6)CC5)CC4)cc3n2)cc1Cl.COc1cc(CO)c(-c2cn3ccc(CC4CCC(CN5CCNCC5)CC4)cc3n2)cc1Cl.Clc1ncccn1. The first-order valence-corrected chi connectivity index (χ1v) is 29.8. The number of ether oxygens (including phenoxy) is 2. The van der Waals surface area contributed by atoms with Gasteiger partial charge in [-0.3, -0.25) is 4.90 Å². The molecule has 2 saturated heterocycles. The molecule has 4 aliphatic rings. The molecule has 4 fully saturated rings. The van der Waals surface area contributed by atoms with Crippen molar-refractivity contribution in [2.45, 2.75) is 77.4 Å². The summed E-state index contributed by atoms with van der Waals surface area (Å²) in [5.41, 5.74) is 9.28. The van der Waals surface area contributed by atoms with Crippen LogP contribution in [0, 0.1) is 23.7 Å². The number of halogens is 3. The second-order valence-electron chi connectivity index (χ2n) is 22.0. The molecule has 0 atom stereocenters. The van der Waals surface area contributed by atoms with Gasteiger partial charge in [-0.05, 0) is 182 Å². The molecule has 3 N–H and O–H groups in total. The fourth-order valence-electron chi connectivity index (χ4n) is 12.2. The Hall–Kier alpha value is -5.95. The molecule has 428 valence electrons. The molecule has 16 nitrogen and oxygen atoms in total. The molecule has 8 heterocycles. The van der Waals surface area contributed by atoms with E-state index in [9.17, 15) is 10.2 Å². The molecule has 0 radical (unpaired) electrons. The second-order valence-corrected chi connectivity index (χ2v) is 23.2. The number of methoxy groups -OCH3 is 2. The molecular weight excluding hydrogens is 1080 g/mol. The van der Waals surface area contributed by atoms with Crippen molar-refractivity contribution < 1.29 is 19.7 Å². The van der Waals surface area contributed by atoms with Crippen LogP contribution in [0.5, 0.6) is 11.5 Å². The molecule has 2 saturated carbocycles. The third-order valence-electron chi connectivity index (χ3n) is 16.7. The molecule has 2 aliphatic heterocycles. The van der Waals surface area contributed by atoms with Gasteiger partial charge in [-0.25, -0.2) is 29.9 Å². The van der Waals surface area contributed by atoms with Crippen molar-refractivity contribution in [1.29, 1.82) is 0 Å². The Kier molecular flexibility index (Phi) is 20.4. The maximum absolute atomic E-state index is 9.91. The molecule has 0 bridgehead atoms. The van der Waals surface area contributed by atoms with Gasteiger partial charge in [-0.2, -0.15) is 0 Å². The summed E-state index contributed by atoms with van der Waals surface area (Å²) in [6, 6.07) is 19.7. The molecule has 6 aromatic heterocycles. The summed E-state index contributed by atoms with van der Waals surface area (Å²) in [4.78, 5) is 33.4. The topological polar surface area (TPSA) is 167 Å². The number of anilines is 1. The number of hydrogen-bond donors (Lipinski definition) is 3. The van der Waals surface area contributed by atoms with E-state index in [1.165, 1.54) is 88.7 Å². The number of nitrogens with one attached hydrogen (secondary N) is 1. The molecule has 2 aliphatic carbocycles. The normalized spacial score (nSPS) is 19.9. The van der Waals surface area contributed by atoms with Crippen molar-refractivity contribution in [1.82, 2.24) is 53.8 Å². The maximum atomic E-state index is 9.91. The Balaban J connectivity index is 0.000000164. The van der Waals surface area contributed by atoms with Crippen molar-refractivity contribution >= 4 is 52.0 Å². The Labute approximate surface area is 490 Å². The lowest BCUT2D eigenvalue weighted by atomic mass is 9.79. The van der Waals surface area contributed by atoms with Gasteiger partial charge in [0, 0.05) is 126 Å². The number of rotatable bonds is 15. The number of aliphatic hydroxyl groups is 2. The molecule has 0 spiro atoms. The molecule has 8 aromatic rings. The number of aliphatic hydroxyl groups excluding tert-OH is 2. The summed E-state index contributed by atoms with van der Waals surface area (Å²) in [6.07, 6.45) is 27.8. The van der Waals surface area contributed by atoms with E-state index < -0.39 is 0 Å². The van der Waals surface area contributed by atoms with Crippen LogP contribution >= 0.6 is 34.8 Å². The third-order valence-corrected chi connectivity index (χ3v) is 17.4. The highest BCUT2D eigenvalue weighted by atomic mass is 35.5. The zero-order chi connectivity index (χ0) is 56.1. The first-order chi connectivity index (χ1) is 39.6. The molecule has 0 amide bonds. The monoisotopic (exact) mass is 1160 g/mol. The fraction of sp³-hybridized carbons (Fsp3) is 0.452. The minimum Gasteiger partial charge on any atom is -0.495 e. The molecule has 2 aromatic carbocycles. The fourth-order valence-corrected chi connectivity index (χ4v) is 12.8. The van der Waals surface area contributed by atoms with E-state index in [-0.39, 0.29) is 13.2 Å². The summed E-state index contributed by atoms with van der Waals surface area (Å²) in [5.74, 6) is 5.11. The van der Waals surface area contributed by atoms with Crippen LogP contribution in [-0.2, 0) is 26.1 Å². The van der Waals surface area contributed by atoms with Gasteiger partial charge in [-0.15, -0.1) is 0 Å². The van der Waals surface area contributed by atoms with Crippen LogP contribution in [0.3, 0.4) is 0 Å². The number of benzene rings is 2. The predicted molar refractivity (Wildman–Crippen MR) is 322 cm³/mol. The van der Waals surface area contributed by atoms with Gasteiger partial charge >= 0.3 is 0 Å². The lowest BCUT2D eigenvalue weighted by molar-refractivity contribution is 0.166. The summed E-state index contributed by atoms with van der Waals surface area (Å²) in [7, 11) is 3.15. The lowest BCUT2D eigenvalue weighted by Gasteiger charge is -2.38. The minimum absolute atomic E-state index is 0.0979. The number of pyridine rings is 2. The Bertz CT molecular complexity index is 3270. The van der Waals surface area contributed by atoms with Crippen molar-refractivity contribution in [2.24, 2.45) is 23.7 Å². The lowest BCUT2D eigenvalue weighted by Crippen LogP contribution is -2.48. The summed E-state index contributed by atoms with van der Waals surface area (Å²) >= 11 is 18.1. The Morgan fingerprint density at radius 3 is 1.40 bits per heavy atom. The Morgan fingerprint density at radius 1 is 0.543 bits per heavy atom. The van der Waals surface area contributed by atoms with E-state index in [2.05, 4.69) is 76.6 Å². The smallest absolute Gasteiger partial charge is 0.225 e. The highest BCUT2D eigenvalue weighted by Crippen LogP contribution is 2.37. The van der Waals surface area contributed by atoms with E-state index in [1.54, 1.807) is 44.8 Å². The summed E-state index contributed by atoms with van der Waals surface area (Å²) < 4.78 is 14.7. The number of piperazine rings is 2. The molecule has 19 heteroatoms.